The van der Waals surface area contributed by atoms with Crippen LogP contribution in [0.3, 0.4) is 0 Å². The second kappa shape index (κ2) is 7.09. The second-order valence-electron chi connectivity index (χ2n) is 5.91. The summed E-state index contributed by atoms with van der Waals surface area (Å²) in [6.45, 7) is 5.46. The lowest BCUT2D eigenvalue weighted by Gasteiger charge is -2.11. The van der Waals surface area contributed by atoms with Gasteiger partial charge >= 0.3 is 0 Å². The Kier molecular flexibility index (Phi) is 5.02. The van der Waals surface area contributed by atoms with E-state index in [1.54, 1.807) is 25.1 Å². The molecule has 1 amide bonds. The summed E-state index contributed by atoms with van der Waals surface area (Å²) in [4.78, 5) is 31.5. The van der Waals surface area contributed by atoms with E-state index >= 15 is 0 Å². The minimum Gasteiger partial charge on any atom is -0.495 e. The van der Waals surface area contributed by atoms with Crippen LogP contribution in [0.25, 0.3) is 10.2 Å². The van der Waals surface area contributed by atoms with Gasteiger partial charge in [0.15, 0.2) is 0 Å². The average molecular weight is 392 g/mol. The number of hydrogen-bond acceptors (Lipinski definition) is 5. The van der Waals surface area contributed by atoms with Crippen molar-refractivity contribution in [2.24, 2.45) is 0 Å². The number of nitrogens with one attached hydrogen (secondary N) is 1. The highest BCUT2D eigenvalue weighted by Crippen LogP contribution is 2.28. The number of methoxy groups -OCH3 is 1. The minimum atomic E-state index is -0.331. The number of hydrogen-bond donors (Lipinski definition) is 1. The molecule has 0 aliphatic heterocycles. The van der Waals surface area contributed by atoms with Gasteiger partial charge in [0.1, 0.15) is 22.9 Å². The molecular weight excluding hydrogens is 374 g/mol. The van der Waals surface area contributed by atoms with Crippen LogP contribution in [0.4, 0.5) is 5.69 Å². The van der Waals surface area contributed by atoms with Gasteiger partial charge in [-0.25, -0.2) is 4.98 Å². The summed E-state index contributed by atoms with van der Waals surface area (Å²) in [5, 5.41) is 3.72. The van der Waals surface area contributed by atoms with Crippen LogP contribution < -0.4 is 15.6 Å². The third-order valence-corrected chi connectivity index (χ3v) is 5.61. The number of carbonyl (C=O) groups excluding carboxylic acids is 1. The monoisotopic (exact) mass is 391 g/mol. The first-order valence-corrected chi connectivity index (χ1v) is 9.11. The predicted molar refractivity (Wildman–Crippen MR) is 105 cm³/mol. The van der Waals surface area contributed by atoms with Crippen molar-refractivity contribution in [2.75, 3.05) is 12.4 Å². The Hall–Kier alpha value is -2.38. The number of aryl methyl sites for hydroxylation is 3. The fraction of sp³-hybridized carbons (Fsp3) is 0.278. The van der Waals surface area contributed by atoms with E-state index in [1.807, 2.05) is 13.8 Å². The number of ether oxygens (including phenoxy) is 1. The van der Waals surface area contributed by atoms with E-state index in [-0.39, 0.29) is 18.0 Å². The van der Waals surface area contributed by atoms with E-state index in [9.17, 15) is 9.59 Å². The second-order valence-corrected chi connectivity index (χ2v) is 7.52. The number of halogens is 1. The molecule has 0 bridgehead atoms. The normalized spacial score (nSPS) is 11.0. The quantitative estimate of drug-likeness (QED) is 0.736. The Morgan fingerprint density at radius 1 is 1.35 bits per heavy atom. The number of amides is 1. The fourth-order valence-electron chi connectivity index (χ4n) is 2.70. The maximum atomic E-state index is 12.8. The molecule has 6 nitrogen and oxygen atoms in total. The highest BCUT2D eigenvalue weighted by molar-refractivity contribution is 7.18. The first-order chi connectivity index (χ1) is 12.3. The molecule has 0 fully saturated rings. The molecule has 0 aliphatic rings. The lowest BCUT2D eigenvalue weighted by Crippen LogP contribution is -2.30. The smallest absolute Gasteiger partial charge is 0.263 e. The maximum absolute atomic E-state index is 12.8. The molecule has 0 radical (unpaired) electrons. The van der Waals surface area contributed by atoms with Crippen molar-refractivity contribution in [2.45, 2.75) is 27.3 Å². The van der Waals surface area contributed by atoms with E-state index < -0.39 is 0 Å². The number of anilines is 1. The minimum absolute atomic E-state index is 0.119. The van der Waals surface area contributed by atoms with Crippen LogP contribution in [0.15, 0.2) is 23.0 Å². The first-order valence-electron chi connectivity index (χ1n) is 7.92. The van der Waals surface area contributed by atoms with Gasteiger partial charge in [-0.15, -0.1) is 11.3 Å². The topological polar surface area (TPSA) is 73.2 Å². The highest BCUT2D eigenvalue weighted by atomic mass is 35.5. The number of carbonyl (C=O) groups is 1. The zero-order valence-electron chi connectivity index (χ0n) is 14.8. The molecule has 0 saturated carbocycles. The highest BCUT2D eigenvalue weighted by Gasteiger charge is 2.16. The van der Waals surface area contributed by atoms with Gasteiger partial charge in [-0.1, -0.05) is 11.6 Å². The summed E-state index contributed by atoms with van der Waals surface area (Å²) in [5.74, 6) is 0.698. The number of nitrogens with zero attached hydrogens (tertiary/aromatic N) is 2. The zero-order valence-corrected chi connectivity index (χ0v) is 16.4. The van der Waals surface area contributed by atoms with Crippen molar-refractivity contribution < 1.29 is 9.53 Å². The van der Waals surface area contributed by atoms with Gasteiger partial charge in [-0.2, -0.15) is 0 Å². The molecule has 0 saturated heterocycles. The molecule has 1 N–H and O–H groups in total. The Balaban J connectivity index is 1.89. The number of thiophene rings is 1. The summed E-state index contributed by atoms with van der Waals surface area (Å²) in [6.07, 6.45) is 0. The summed E-state index contributed by atoms with van der Waals surface area (Å²) < 4.78 is 6.48. The summed E-state index contributed by atoms with van der Waals surface area (Å²) in [5.41, 5.74) is 1.25. The molecule has 0 aliphatic carbocycles. The van der Waals surface area contributed by atoms with E-state index in [4.69, 9.17) is 16.3 Å². The lowest BCUT2D eigenvalue weighted by atomic mass is 10.2. The summed E-state index contributed by atoms with van der Waals surface area (Å²) >= 11 is 7.56. The van der Waals surface area contributed by atoms with Crippen LogP contribution in [0.1, 0.15) is 16.3 Å². The summed E-state index contributed by atoms with van der Waals surface area (Å²) in [6, 6.07) is 4.95. The van der Waals surface area contributed by atoms with Crippen LogP contribution in [0, 0.1) is 20.8 Å². The molecule has 3 aromatic rings. The van der Waals surface area contributed by atoms with Crippen molar-refractivity contribution in [3.8, 4) is 5.75 Å². The van der Waals surface area contributed by atoms with E-state index in [1.165, 1.54) is 23.0 Å². The Bertz CT molecular complexity index is 1070. The molecule has 3 rings (SSSR count). The Labute approximate surface area is 159 Å². The first kappa shape index (κ1) is 18.4. The molecule has 1 aromatic carbocycles. The predicted octanol–water partition coefficient (Wildman–Crippen LogP) is 3.68. The SMILES string of the molecule is COc1ccc(NC(=O)Cn2c(C)nc3sc(C)c(C)c3c2=O)cc1Cl. The van der Waals surface area contributed by atoms with Gasteiger partial charge < -0.3 is 10.1 Å². The van der Waals surface area contributed by atoms with Crippen molar-refractivity contribution in [1.29, 1.82) is 0 Å². The van der Waals surface area contributed by atoms with E-state index in [0.717, 1.165) is 10.4 Å². The molecule has 8 heteroatoms. The van der Waals surface area contributed by atoms with E-state index in [2.05, 4.69) is 10.3 Å². The van der Waals surface area contributed by atoms with Crippen LogP contribution in [0.2, 0.25) is 5.02 Å². The third kappa shape index (κ3) is 3.32. The molecule has 2 aromatic heterocycles. The van der Waals surface area contributed by atoms with Gasteiger partial charge in [0.25, 0.3) is 5.56 Å². The number of benzene rings is 1. The number of aromatic nitrogens is 2. The molecular formula is C18H18ClN3O3S. The molecule has 0 unspecified atom stereocenters. The van der Waals surface area contributed by atoms with Crippen LogP contribution in [-0.4, -0.2) is 22.6 Å². The average Bonchev–Trinajstić information content (AvgIpc) is 2.86. The standard InChI is InChI=1S/C18H18ClN3O3S/c1-9-10(2)26-17-16(9)18(24)22(11(3)20-17)8-15(23)21-12-5-6-14(25-4)13(19)7-12/h5-7H,8H2,1-4H3,(H,21,23). The van der Waals surface area contributed by atoms with Gasteiger partial charge in [0.2, 0.25) is 5.91 Å². The zero-order chi connectivity index (χ0) is 19.0. The third-order valence-electron chi connectivity index (χ3n) is 4.22. The van der Waals surface area contributed by atoms with Crippen molar-refractivity contribution >= 4 is 44.7 Å². The number of fused-ring (bicyclic) bond motifs is 1. The number of rotatable bonds is 4. The molecule has 2 heterocycles. The molecule has 136 valence electrons. The largest absolute Gasteiger partial charge is 0.495 e. The van der Waals surface area contributed by atoms with Gasteiger partial charge in [-0.05, 0) is 44.5 Å². The van der Waals surface area contributed by atoms with Gasteiger partial charge in [0.05, 0.1) is 17.5 Å². The van der Waals surface area contributed by atoms with Crippen molar-refractivity contribution in [3.05, 3.63) is 49.8 Å². The summed E-state index contributed by atoms with van der Waals surface area (Å²) in [7, 11) is 1.52. The van der Waals surface area contributed by atoms with E-state index in [0.29, 0.717) is 32.5 Å². The molecule has 0 spiro atoms. The Morgan fingerprint density at radius 3 is 2.73 bits per heavy atom. The Morgan fingerprint density at radius 2 is 2.08 bits per heavy atom. The molecule has 26 heavy (non-hydrogen) atoms. The van der Waals surface area contributed by atoms with Crippen LogP contribution in [-0.2, 0) is 11.3 Å². The fourth-order valence-corrected chi connectivity index (χ4v) is 4.03. The van der Waals surface area contributed by atoms with Gasteiger partial charge in [-0.3, -0.25) is 14.2 Å². The van der Waals surface area contributed by atoms with Crippen LogP contribution >= 0.6 is 22.9 Å². The van der Waals surface area contributed by atoms with Crippen molar-refractivity contribution in [1.82, 2.24) is 9.55 Å². The lowest BCUT2D eigenvalue weighted by molar-refractivity contribution is -0.116. The molecule has 0 atom stereocenters. The van der Waals surface area contributed by atoms with Crippen molar-refractivity contribution in [3.63, 3.8) is 0 Å². The maximum Gasteiger partial charge on any atom is 0.263 e. The van der Waals surface area contributed by atoms with Crippen LogP contribution in [0.5, 0.6) is 5.75 Å². The van der Waals surface area contributed by atoms with Gasteiger partial charge in [0, 0.05) is 10.6 Å².